The molecule has 0 amide bonds. The number of rotatable bonds is 3. The van der Waals surface area contributed by atoms with E-state index in [2.05, 4.69) is 4.72 Å². The number of anilines is 2. The molecule has 2 aromatic rings. The first-order valence-corrected chi connectivity index (χ1v) is 7.81. The molecule has 0 aromatic heterocycles. The van der Waals surface area contributed by atoms with E-state index in [1.165, 1.54) is 6.07 Å². The second kappa shape index (κ2) is 5.34. The average Bonchev–Trinajstić information content (AvgIpc) is 2.34. The van der Waals surface area contributed by atoms with Crippen molar-refractivity contribution in [2.24, 2.45) is 0 Å². The van der Waals surface area contributed by atoms with E-state index in [1.54, 1.807) is 37.3 Å². The van der Waals surface area contributed by atoms with Crippen LogP contribution >= 0.6 is 11.6 Å². The fourth-order valence-electron chi connectivity index (χ4n) is 1.81. The number of hydrogen-bond donors (Lipinski definition) is 2. The number of nitrogen functional groups attached to an aromatic ring is 1. The SMILES string of the molecule is Cc1ccc(S(=O)(=O)Nc2c(C)cc(N)cc2Cl)cc1. The van der Waals surface area contributed by atoms with Crippen LogP contribution in [0.25, 0.3) is 0 Å². The van der Waals surface area contributed by atoms with E-state index in [0.29, 0.717) is 16.9 Å². The third-order valence-corrected chi connectivity index (χ3v) is 4.54. The Bertz CT molecular complexity index is 717. The Morgan fingerprint density at radius 1 is 1.10 bits per heavy atom. The van der Waals surface area contributed by atoms with E-state index in [1.807, 2.05) is 6.92 Å². The van der Waals surface area contributed by atoms with Gasteiger partial charge < -0.3 is 5.73 Å². The van der Waals surface area contributed by atoms with Gasteiger partial charge in [-0.1, -0.05) is 29.3 Å². The normalized spacial score (nSPS) is 11.3. The summed E-state index contributed by atoms with van der Waals surface area (Å²) in [5.41, 5.74) is 8.16. The van der Waals surface area contributed by atoms with Gasteiger partial charge in [0.15, 0.2) is 0 Å². The number of benzene rings is 2. The van der Waals surface area contributed by atoms with Crippen molar-refractivity contribution in [3.05, 3.63) is 52.5 Å². The van der Waals surface area contributed by atoms with E-state index >= 15 is 0 Å². The van der Waals surface area contributed by atoms with Crippen molar-refractivity contribution in [1.82, 2.24) is 0 Å². The molecule has 0 bridgehead atoms. The summed E-state index contributed by atoms with van der Waals surface area (Å²) in [6.45, 7) is 3.64. The highest BCUT2D eigenvalue weighted by atomic mass is 35.5. The minimum absolute atomic E-state index is 0.190. The summed E-state index contributed by atoms with van der Waals surface area (Å²) in [6, 6.07) is 9.77. The first-order valence-electron chi connectivity index (χ1n) is 5.95. The lowest BCUT2D eigenvalue weighted by molar-refractivity contribution is 0.601. The third kappa shape index (κ3) is 3.05. The fourth-order valence-corrected chi connectivity index (χ4v) is 3.34. The number of sulfonamides is 1. The Hall–Kier alpha value is -1.72. The van der Waals surface area contributed by atoms with Gasteiger partial charge in [-0.15, -0.1) is 0 Å². The van der Waals surface area contributed by atoms with Crippen LogP contribution < -0.4 is 10.5 Å². The van der Waals surface area contributed by atoms with E-state index in [4.69, 9.17) is 17.3 Å². The molecule has 106 valence electrons. The molecule has 2 aromatic carbocycles. The van der Waals surface area contributed by atoms with Gasteiger partial charge in [0, 0.05) is 5.69 Å². The van der Waals surface area contributed by atoms with Gasteiger partial charge in [-0.25, -0.2) is 8.42 Å². The molecule has 0 aliphatic heterocycles. The Morgan fingerprint density at radius 2 is 1.70 bits per heavy atom. The van der Waals surface area contributed by atoms with Gasteiger partial charge in [-0.05, 0) is 43.7 Å². The number of nitrogens with two attached hydrogens (primary N) is 1. The standard InChI is InChI=1S/C14H15ClN2O2S/c1-9-3-5-12(6-4-9)20(18,19)17-14-10(2)7-11(16)8-13(14)15/h3-8,17H,16H2,1-2H3. The van der Waals surface area contributed by atoms with Crippen molar-refractivity contribution < 1.29 is 8.42 Å². The lowest BCUT2D eigenvalue weighted by Crippen LogP contribution is -2.14. The number of nitrogens with one attached hydrogen (secondary N) is 1. The summed E-state index contributed by atoms with van der Waals surface area (Å²) in [5.74, 6) is 0. The molecule has 0 saturated carbocycles. The van der Waals surface area contributed by atoms with Crippen LogP contribution in [0, 0.1) is 13.8 Å². The first-order chi connectivity index (χ1) is 9.29. The van der Waals surface area contributed by atoms with Crippen molar-refractivity contribution >= 4 is 33.0 Å². The molecule has 0 heterocycles. The molecule has 0 spiro atoms. The minimum Gasteiger partial charge on any atom is -0.399 e. The van der Waals surface area contributed by atoms with Crippen LogP contribution in [0.3, 0.4) is 0 Å². The molecule has 0 fully saturated rings. The summed E-state index contributed by atoms with van der Waals surface area (Å²) in [7, 11) is -3.66. The molecule has 0 aliphatic carbocycles. The first kappa shape index (κ1) is 14.7. The monoisotopic (exact) mass is 310 g/mol. The molecule has 0 atom stereocenters. The van der Waals surface area contributed by atoms with Crippen LogP contribution in [0.15, 0.2) is 41.3 Å². The zero-order chi connectivity index (χ0) is 14.9. The highest BCUT2D eigenvalue weighted by Crippen LogP contribution is 2.30. The predicted octanol–water partition coefficient (Wildman–Crippen LogP) is 3.34. The number of hydrogen-bond acceptors (Lipinski definition) is 3. The molecular weight excluding hydrogens is 296 g/mol. The van der Waals surface area contributed by atoms with E-state index in [9.17, 15) is 8.42 Å². The highest BCUT2D eigenvalue weighted by Gasteiger charge is 2.17. The Labute approximate surface area is 123 Å². The maximum absolute atomic E-state index is 12.3. The second-order valence-electron chi connectivity index (χ2n) is 4.61. The van der Waals surface area contributed by atoms with Gasteiger partial charge in [0.2, 0.25) is 0 Å². The molecule has 0 radical (unpaired) electrons. The Balaban J connectivity index is 2.41. The molecular formula is C14H15ClN2O2S. The van der Waals surface area contributed by atoms with Crippen molar-refractivity contribution in [3.63, 3.8) is 0 Å². The van der Waals surface area contributed by atoms with Crippen LogP contribution in [0.2, 0.25) is 5.02 Å². The van der Waals surface area contributed by atoms with Crippen molar-refractivity contribution in [3.8, 4) is 0 Å². The van der Waals surface area contributed by atoms with Crippen molar-refractivity contribution in [2.75, 3.05) is 10.5 Å². The average molecular weight is 311 g/mol. The zero-order valence-corrected chi connectivity index (χ0v) is 12.7. The maximum atomic E-state index is 12.3. The minimum atomic E-state index is -3.66. The quantitative estimate of drug-likeness (QED) is 0.854. The molecule has 6 heteroatoms. The molecule has 3 N–H and O–H groups in total. The van der Waals surface area contributed by atoms with E-state index in [0.717, 1.165) is 5.56 Å². The van der Waals surface area contributed by atoms with Crippen LogP contribution in [0.4, 0.5) is 11.4 Å². The molecule has 0 unspecified atom stereocenters. The van der Waals surface area contributed by atoms with Crippen molar-refractivity contribution in [1.29, 1.82) is 0 Å². The summed E-state index contributed by atoms with van der Waals surface area (Å²) in [5, 5.41) is 0.276. The summed E-state index contributed by atoms with van der Waals surface area (Å²) < 4.78 is 27.1. The topological polar surface area (TPSA) is 72.2 Å². The predicted molar refractivity (Wildman–Crippen MR) is 82.6 cm³/mol. The van der Waals surface area contributed by atoms with Gasteiger partial charge in [0.25, 0.3) is 10.0 Å². The van der Waals surface area contributed by atoms with Crippen LogP contribution in [0.5, 0.6) is 0 Å². The van der Waals surface area contributed by atoms with Gasteiger partial charge >= 0.3 is 0 Å². The molecule has 20 heavy (non-hydrogen) atoms. The lowest BCUT2D eigenvalue weighted by atomic mass is 10.2. The van der Waals surface area contributed by atoms with Crippen LogP contribution in [-0.4, -0.2) is 8.42 Å². The van der Waals surface area contributed by atoms with Gasteiger partial charge in [-0.2, -0.15) is 0 Å². The second-order valence-corrected chi connectivity index (χ2v) is 6.70. The highest BCUT2D eigenvalue weighted by molar-refractivity contribution is 7.92. The fraction of sp³-hybridized carbons (Fsp3) is 0.143. The maximum Gasteiger partial charge on any atom is 0.261 e. The molecule has 2 rings (SSSR count). The molecule has 4 nitrogen and oxygen atoms in total. The van der Waals surface area contributed by atoms with Gasteiger partial charge in [0.1, 0.15) is 0 Å². The number of aryl methyl sites for hydroxylation is 2. The van der Waals surface area contributed by atoms with Gasteiger partial charge in [0.05, 0.1) is 15.6 Å². The largest absolute Gasteiger partial charge is 0.399 e. The molecule has 0 aliphatic rings. The van der Waals surface area contributed by atoms with E-state index < -0.39 is 10.0 Å². The Morgan fingerprint density at radius 3 is 2.25 bits per heavy atom. The smallest absolute Gasteiger partial charge is 0.261 e. The Kier molecular flexibility index (Phi) is 3.92. The zero-order valence-electron chi connectivity index (χ0n) is 11.1. The molecule has 0 saturated heterocycles. The van der Waals surface area contributed by atoms with Crippen LogP contribution in [0.1, 0.15) is 11.1 Å². The van der Waals surface area contributed by atoms with Crippen LogP contribution in [-0.2, 0) is 10.0 Å². The lowest BCUT2D eigenvalue weighted by Gasteiger charge is -2.13. The summed E-state index contributed by atoms with van der Waals surface area (Å²) in [4.78, 5) is 0.190. The third-order valence-electron chi connectivity index (χ3n) is 2.88. The summed E-state index contributed by atoms with van der Waals surface area (Å²) in [6.07, 6.45) is 0. The van der Waals surface area contributed by atoms with E-state index in [-0.39, 0.29) is 9.92 Å². The number of halogens is 1. The van der Waals surface area contributed by atoms with Crippen molar-refractivity contribution in [2.45, 2.75) is 18.7 Å². The van der Waals surface area contributed by atoms with Gasteiger partial charge in [-0.3, -0.25) is 4.72 Å². The summed E-state index contributed by atoms with van der Waals surface area (Å²) >= 11 is 6.05.